The fourth-order valence-electron chi connectivity index (χ4n) is 3.64. The van der Waals surface area contributed by atoms with E-state index in [1.54, 1.807) is 11.3 Å². The molecule has 3 N–H and O–H groups in total. The van der Waals surface area contributed by atoms with Crippen molar-refractivity contribution in [2.24, 2.45) is 0 Å². The summed E-state index contributed by atoms with van der Waals surface area (Å²) in [7, 11) is 0. The van der Waals surface area contributed by atoms with Gasteiger partial charge < -0.3 is 20.7 Å². The van der Waals surface area contributed by atoms with Gasteiger partial charge in [-0.05, 0) is 33.6 Å². The number of anilines is 2. The van der Waals surface area contributed by atoms with E-state index in [9.17, 15) is 9.59 Å². The Labute approximate surface area is 185 Å². The maximum atomic E-state index is 12.8. The molecule has 0 radical (unpaired) electrons. The lowest BCUT2D eigenvalue weighted by Gasteiger charge is -2.35. The lowest BCUT2D eigenvalue weighted by atomic mass is 9.81. The van der Waals surface area contributed by atoms with Crippen LogP contribution in [0.25, 0.3) is 5.78 Å². The van der Waals surface area contributed by atoms with Gasteiger partial charge in [0.2, 0.25) is 17.8 Å². The Morgan fingerprint density at radius 1 is 1.06 bits per heavy atom. The summed E-state index contributed by atoms with van der Waals surface area (Å²) in [5.41, 5.74) is -0.933. The van der Waals surface area contributed by atoms with Crippen LogP contribution in [0, 0.1) is 0 Å². The first-order valence-electron chi connectivity index (χ1n) is 10.7. The van der Waals surface area contributed by atoms with Crippen molar-refractivity contribution in [1.29, 1.82) is 0 Å². The topological polar surface area (TPSA) is 135 Å². The van der Waals surface area contributed by atoms with Crippen LogP contribution in [0.3, 0.4) is 0 Å². The van der Waals surface area contributed by atoms with E-state index in [2.05, 4.69) is 36.1 Å². The summed E-state index contributed by atoms with van der Waals surface area (Å²) in [6.07, 6.45) is 4.03. The van der Waals surface area contributed by atoms with Crippen LogP contribution >= 0.6 is 11.8 Å². The molecule has 31 heavy (non-hydrogen) atoms. The minimum Gasteiger partial charge on any atom is -0.464 e. The number of hydrogen-bond donors (Lipinski definition) is 3. The van der Waals surface area contributed by atoms with Crippen molar-refractivity contribution in [3.05, 3.63) is 0 Å². The molecule has 1 aliphatic carbocycles. The van der Waals surface area contributed by atoms with Crippen LogP contribution < -0.4 is 16.0 Å². The molecule has 0 aliphatic heterocycles. The number of rotatable bonds is 10. The van der Waals surface area contributed by atoms with Crippen LogP contribution in [0.4, 0.5) is 11.9 Å². The third-order valence-electron chi connectivity index (χ3n) is 5.00. The predicted molar refractivity (Wildman–Crippen MR) is 118 cm³/mol. The minimum atomic E-state index is -0.933. The van der Waals surface area contributed by atoms with Crippen LogP contribution in [-0.4, -0.2) is 67.4 Å². The van der Waals surface area contributed by atoms with Crippen molar-refractivity contribution >= 4 is 41.3 Å². The predicted octanol–water partition coefficient (Wildman–Crippen LogP) is 1.86. The molecule has 0 saturated heterocycles. The monoisotopic (exact) mass is 450 g/mol. The van der Waals surface area contributed by atoms with E-state index < -0.39 is 5.54 Å². The first-order valence-corrected chi connectivity index (χ1v) is 11.7. The second-order valence-electron chi connectivity index (χ2n) is 7.25. The van der Waals surface area contributed by atoms with E-state index in [1.165, 1.54) is 11.8 Å². The molecular formula is C19H30N8O3S. The Balaban J connectivity index is 1.74. The Kier molecular flexibility index (Phi) is 7.88. The van der Waals surface area contributed by atoms with Gasteiger partial charge in [0.15, 0.2) is 5.16 Å². The number of amides is 1. The fraction of sp³-hybridized carbons (Fsp3) is 0.684. The number of ether oxygens (including phenoxy) is 1. The standard InChI is InChI=1S/C19H30N8O3S/c1-4-20-15-22-16(21-5-2)27-17(23-15)25-26-18(27)31-12-13(28)24-19(14(29)30-6-3)10-8-7-9-11-19/h4-12H2,1-3H3,(H,24,28)(H2,20,21,22,23,25). The van der Waals surface area contributed by atoms with Gasteiger partial charge >= 0.3 is 5.97 Å². The Morgan fingerprint density at radius 2 is 1.81 bits per heavy atom. The molecule has 0 atom stereocenters. The number of carbonyl (C=O) groups excluding carboxylic acids is 2. The van der Waals surface area contributed by atoms with Gasteiger partial charge in [-0.2, -0.15) is 9.97 Å². The van der Waals surface area contributed by atoms with E-state index in [0.717, 1.165) is 19.3 Å². The smallest absolute Gasteiger partial charge is 0.331 e. The number of aromatic nitrogens is 5. The SMILES string of the molecule is CCNc1nc(NCC)n2c(SCC(=O)NC3(C(=O)OCC)CCCCC3)nnc2n1. The maximum Gasteiger partial charge on any atom is 0.331 e. The highest BCUT2D eigenvalue weighted by Gasteiger charge is 2.42. The van der Waals surface area contributed by atoms with Gasteiger partial charge in [0.25, 0.3) is 5.78 Å². The molecule has 0 spiro atoms. The third kappa shape index (κ3) is 5.35. The summed E-state index contributed by atoms with van der Waals surface area (Å²) < 4.78 is 6.93. The minimum absolute atomic E-state index is 0.0858. The molecule has 11 nitrogen and oxygen atoms in total. The fourth-order valence-corrected chi connectivity index (χ4v) is 4.36. The average molecular weight is 451 g/mol. The summed E-state index contributed by atoms with van der Waals surface area (Å²) in [6.45, 7) is 7.32. The highest BCUT2D eigenvalue weighted by molar-refractivity contribution is 7.99. The zero-order chi connectivity index (χ0) is 22.3. The highest BCUT2D eigenvalue weighted by Crippen LogP contribution is 2.30. The normalized spacial score (nSPS) is 15.5. The number of nitrogens with one attached hydrogen (secondary N) is 3. The molecule has 0 bridgehead atoms. The molecule has 170 valence electrons. The molecule has 1 saturated carbocycles. The maximum absolute atomic E-state index is 12.8. The first-order chi connectivity index (χ1) is 15.0. The summed E-state index contributed by atoms with van der Waals surface area (Å²) in [4.78, 5) is 34.1. The number of fused-ring (bicyclic) bond motifs is 1. The van der Waals surface area contributed by atoms with Gasteiger partial charge in [-0.15, -0.1) is 10.2 Å². The molecule has 12 heteroatoms. The van der Waals surface area contributed by atoms with E-state index in [4.69, 9.17) is 4.74 Å². The zero-order valence-corrected chi connectivity index (χ0v) is 19.0. The molecule has 0 unspecified atom stereocenters. The van der Waals surface area contributed by atoms with Crippen molar-refractivity contribution < 1.29 is 14.3 Å². The summed E-state index contributed by atoms with van der Waals surface area (Å²) in [5, 5.41) is 18.0. The lowest BCUT2D eigenvalue weighted by molar-refractivity contribution is -0.154. The van der Waals surface area contributed by atoms with Gasteiger partial charge in [0.05, 0.1) is 12.4 Å². The van der Waals surface area contributed by atoms with Gasteiger partial charge in [0.1, 0.15) is 5.54 Å². The van der Waals surface area contributed by atoms with E-state index in [0.29, 0.717) is 55.4 Å². The molecule has 1 amide bonds. The average Bonchev–Trinajstić information content (AvgIpc) is 3.17. The molecule has 0 aromatic carbocycles. The zero-order valence-electron chi connectivity index (χ0n) is 18.2. The van der Waals surface area contributed by atoms with Gasteiger partial charge in [-0.1, -0.05) is 31.0 Å². The largest absolute Gasteiger partial charge is 0.464 e. The van der Waals surface area contributed by atoms with Crippen LogP contribution in [-0.2, 0) is 14.3 Å². The van der Waals surface area contributed by atoms with E-state index in [-0.39, 0.29) is 17.6 Å². The number of thioether (sulfide) groups is 1. The van der Waals surface area contributed by atoms with Crippen LogP contribution in [0.2, 0.25) is 0 Å². The summed E-state index contributed by atoms with van der Waals surface area (Å²) >= 11 is 1.22. The molecule has 1 aliphatic rings. The van der Waals surface area contributed by atoms with Gasteiger partial charge in [0, 0.05) is 13.1 Å². The van der Waals surface area contributed by atoms with E-state index in [1.807, 2.05) is 13.8 Å². The molecule has 2 aromatic heterocycles. The highest BCUT2D eigenvalue weighted by atomic mass is 32.2. The third-order valence-corrected chi connectivity index (χ3v) is 5.93. The van der Waals surface area contributed by atoms with Crippen LogP contribution in [0.15, 0.2) is 5.16 Å². The Morgan fingerprint density at radius 3 is 2.48 bits per heavy atom. The first kappa shape index (κ1) is 23.0. The number of esters is 1. The number of carbonyl (C=O) groups is 2. The number of hydrogen-bond acceptors (Lipinski definition) is 10. The van der Waals surface area contributed by atoms with Gasteiger partial charge in [-0.25, -0.2) is 9.20 Å². The van der Waals surface area contributed by atoms with E-state index >= 15 is 0 Å². The molecule has 2 heterocycles. The van der Waals surface area contributed by atoms with Crippen LogP contribution in [0.1, 0.15) is 52.9 Å². The second kappa shape index (κ2) is 10.6. The molecule has 1 fully saturated rings. The second-order valence-corrected chi connectivity index (χ2v) is 8.19. The molecular weight excluding hydrogens is 420 g/mol. The Hall–Kier alpha value is -2.63. The lowest BCUT2D eigenvalue weighted by Crippen LogP contribution is -2.56. The Bertz CT molecular complexity index is 913. The molecule has 3 rings (SSSR count). The number of nitrogens with zero attached hydrogens (tertiary/aromatic N) is 5. The van der Waals surface area contributed by atoms with Crippen LogP contribution in [0.5, 0.6) is 0 Å². The van der Waals surface area contributed by atoms with Crippen molar-refractivity contribution in [2.45, 2.75) is 63.6 Å². The molecule has 2 aromatic rings. The summed E-state index contributed by atoms with van der Waals surface area (Å²) in [5.74, 6) is 0.891. The van der Waals surface area contributed by atoms with Gasteiger partial charge in [-0.3, -0.25) is 4.79 Å². The summed E-state index contributed by atoms with van der Waals surface area (Å²) in [6, 6.07) is 0. The quantitative estimate of drug-likeness (QED) is 0.363. The van der Waals surface area contributed by atoms with Crippen molar-refractivity contribution in [3.63, 3.8) is 0 Å². The van der Waals surface area contributed by atoms with Crippen molar-refractivity contribution in [1.82, 2.24) is 29.9 Å². The van der Waals surface area contributed by atoms with Crippen molar-refractivity contribution in [2.75, 3.05) is 36.1 Å². The van der Waals surface area contributed by atoms with Crippen molar-refractivity contribution in [3.8, 4) is 0 Å².